The predicted molar refractivity (Wildman–Crippen MR) is 134 cm³/mol. The maximum absolute atomic E-state index is 11.4. The largest absolute Gasteiger partial charge is 0.393 e. The van der Waals surface area contributed by atoms with Crippen molar-refractivity contribution >= 4 is 0 Å². The highest BCUT2D eigenvalue weighted by Gasteiger charge is 2.48. The second-order valence-corrected chi connectivity index (χ2v) is 11.0. The number of nitroso groups, excluding NO2 is 1. The van der Waals surface area contributed by atoms with E-state index in [0.717, 1.165) is 58.2 Å². The minimum absolute atomic E-state index is 0.0205. The van der Waals surface area contributed by atoms with Crippen molar-refractivity contribution in [1.82, 2.24) is 26.2 Å². The van der Waals surface area contributed by atoms with E-state index in [1.54, 1.807) is 0 Å². The third-order valence-corrected chi connectivity index (χ3v) is 8.76. The fourth-order valence-corrected chi connectivity index (χ4v) is 6.64. The summed E-state index contributed by atoms with van der Waals surface area (Å²) < 4.78 is 0. The molecule has 0 aromatic heterocycles. The van der Waals surface area contributed by atoms with Crippen molar-refractivity contribution in [3.8, 4) is 0 Å². The van der Waals surface area contributed by atoms with Crippen LogP contribution in [0.3, 0.4) is 0 Å². The molecule has 7 atom stereocenters. The number of fused-ring (bicyclic) bond motifs is 2. The number of rotatable bonds is 10. The maximum Gasteiger partial charge on any atom is 0.124 e. The molecule has 2 aliphatic heterocycles. The fourth-order valence-electron chi connectivity index (χ4n) is 6.64. The molecule has 4 rings (SSSR count). The summed E-state index contributed by atoms with van der Waals surface area (Å²) in [4.78, 5) is 13.9. The van der Waals surface area contributed by atoms with Crippen molar-refractivity contribution in [2.45, 2.75) is 114 Å². The number of nitrogens with zero attached hydrogens (tertiary/aromatic N) is 2. The molecular formula is C25H46N6O3. The summed E-state index contributed by atoms with van der Waals surface area (Å²) in [5.41, 5.74) is 2.91. The van der Waals surface area contributed by atoms with Crippen molar-refractivity contribution in [2.24, 2.45) is 11.1 Å². The first kappa shape index (κ1) is 26.1. The lowest BCUT2D eigenvalue weighted by Gasteiger charge is -2.56. The molecule has 2 heterocycles. The third kappa shape index (κ3) is 6.06. The first-order chi connectivity index (χ1) is 16.5. The molecule has 0 aromatic carbocycles. The van der Waals surface area contributed by atoms with Gasteiger partial charge in [0.2, 0.25) is 0 Å². The molecular weight excluding hydrogens is 432 g/mol. The van der Waals surface area contributed by atoms with Crippen LogP contribution in [0.4, 0.5) is 0 Å². The van der Waals surface area contributed by atoms with Crippen LogP contribution in [-0.4, -0.2) is 84.1 Å². The first-order valence-corrected chi connectivity index (χ1v) is 13.5. The fraction of sp³-hybridized carbons (Fsp3) is 0.920. The molecule has 0 aromatic rings. The van der Waals surface area contributed by atoms with Crippen LogP contribution >= 0.6 is 0 Å². The average Bonchev–Trinajstić information content (AvgIpc) is 2.85. The molecule has 1 saturated carbocycles. The number of aliphatic hydroxyl groups excluding tert-OH is 2. The molecule has 4 aliphatic rings. The molecule has 0 spiro atoms. The molecule has 3 fully saturated rings. The Labute approximate surface area is 204 Å². The van der Waals surface area contributed by atoms with Crippen molar-refractivity contribution in [3.05, 3.63) is 16.1 Å². The summed E-state index contributed by atoms with van der Waals surface area (Å²) >= 11 is 0. The number of piperazine rings is 1. The van der Waals surface area contributed by atoms with Crippen molar-refractivity contribution < 1.29 is 10.2 Å². The molecule has 7 unspecified atom stereocenters. The molecule has 2 saturated heterocycles. The molecule has 34 heavy (non-hydrogen) atoms. The number of hydrogen-bond acceptors (Lipinski definition) is 9. The van der Waals surface area contributed by atoms with Crippen LogP contribution < -0.4 is 21.3 Å². The van der Waals surface area contributed by atoms with E-state index in [-0.39, 0.29) is 31.0 Å². The lowest BCUT2D eigenvalue weighted by molar-refractivity contribution is -0.0849. The Bertz CT molecular complexity index is 700. The molecule has 0 bridgehead atoms. The monoisotopic (exact) mass is 478 g/mol. The van der Waals surface area contributed by atoms with Crippen molar-refractivity contribution in [2.75, 3.05) is 26.2 Å². The van der Waals surface area contributed by atoms with Crippen LogP contribution in [0.15, 0.2) is 16.3 Å². The van der Waals surface area contributed by atoms with Crippen LogP contribution in [0.5, 0.6) is 0 Å². The van der Waals surface area contributed by atoms with Crippen LogP contribution in [0.1, 0.15) is 71.6 Å². The minimum Gasteiger partial charge on any atom is -0.393 e. The SMILES string of the molecule is CC1=C(C)CC2C(C1)NC1C(O)NC(CO)NC1N2CCNCCCC(N=O)C1CCCCC1. The molecule has 0 amide bonds. The van der Waals surface area contributed by atoms with Gasteiger partial charge < -0.3 is 20.8 Å². The Morgan fingerprint density at radius 2 is 1.85 bits per heavy atom. The number of hydrogen-bond donors (Lipinski definition) is 6. The van der Waals surface area contributed by atoms with E-state index in [2.05, 4.69) is 45.2 Å². The van der Waals surface area contributed by atoms with E-state index in [0.29, 0.717) is 18.0 Å². The van der Waals surface area contributed by atoms with E-state index >= 15 is 0 Å². The lowest BCUT2D eigenvalue weighted by atomic mass is 9.81. The summed E-state index contributed by atoms with van der Waals surface area (Å²) in [6.45, 7) is 7.00. The van der Waals surface area contributed by atoms with E-state index in [1.165, 1.54) is 30.4 Å². The van der Waals surface area contributed by atoms with Crippen LogP contribution in [-0.2, 0) is 0 Å². The minimum atomic E-state index is -0.709. The van der Waals surface area contributed by atoms with Crippen LogP contribution in [0.2, 0.25) is 0 Å². The van der Waals surface area contributed by atoms with Gasteiger partial charge in [-0.25, -0.2) is 0 Å². The Balaban J connectivity index is 1.30. The quantitative estimate of drug-likeness (QED) is 0.158. The second-order valence-electron chi connectivity index (χ2n) is 11.0. The van der Waals surface area contributed by atoms with E-state index in [4.69, 9.17) is 0 Å². The first-order valence-electron chi connectivity index (χ1n) is 13.5. The predicted octanol–water partition coefficient (Wildman–Crippen LogP) is 1.37. The van der Waals surface area contributed by atoms with Gasteiger partial charge in [-0.15, -0.1) is 0 Å². The third-order valence-electron chi connectivity index (χ3n) is 8.76. The van der Waals surface area contributed by atoms with E-state index in [9.17, 15) is 15.1 Å². The Kier molecular flexibility index (Phi) is 9.49. The van der Waals surface area contributed by atoms with Gasteiger partial charge in [0, 0.05) is 25.2 Å². The molecule has 6 N–H and O–H groups in total. The summed E-state index contributed by atoms with van der Waals surface area (Å²) in [5.74, 6) is 0.490. The van der Waals surface area contributed by atoms with Gasteiger partial charge in [0.05, 0.1) is 31.0 Å². The molecule has 9 heteroatoms. The topological polar surface area (TPSA) is 121 Å². The highest BCUT2D eigenvalue weighted by Crippen LogP contribution is 2.34. The van der Waals surface area contributed by atoms with Crippen LogP contribution in [0, 0.1) is 10.8 Å². The van der Waals surface area contributed by atoms with Gasteiger partial charge in [-0.2, -0.15) is 4.91 Å². The van der Waals surface area contributed by atoms with Gasteiger partial charge in [-0.1, -0.05) is 35.6 Å². The zero-order valence-electron chi connectivity index (χ0n) is 21.0. The standard InChI is InChI=1S/C25H46N6O3/c1-16-13-20-21(14-17(16)2)31(24-23(27-20)25(33)29-22(15-32)28-24)12-11-26-10-6-9-19(30-34)18-7-4-3-5-8-18/h18-29,32-33H,3-15H2,1-2H3. The van der Waals surface area contributed by atoms with Gasteiger partial charge in [0.25, 0.3) is 0 Å². The molecule has 9 nitrogen and oxygen atoms in total. The smallest absolute Gasteiger partial charge is 0.124 e. The van der Waals surface area contributed by atoms with Gasteiger partial charge in [-0.05, 0) is 64.8 Å². The van der Waals surface area contributed by atoms with Gasteiger partial charge in [0.15, 0.2) is 0 Å². The zero-order chi connectivity index (χ0) is 24.1. The summed E-state index contributed by atoms with van der Waals surface area (Å²) in [6, 6.07) is 0.515. The summed E-state index contributed by atoms with van der Waals surface area (Å²) in [6.07, 6.45) is 8.91. The Hall–Kier alpha value is -0.940. The van der Waals surface area contributed by atoms with E-state index in [1.807, 2.05) is 0 Å². The second kappa shape index (κ2) is 12.3. The van der Waals surface area contributed by atoms with Gasteiger partial charge in [-0.3, -0.25) is 15.5 Å². The highest BCUT2D eigenvalue weighted by atomic mass is 16.3. The Morgan fingerprint density at radius 3 is 2.59 bits per heavy atom. The summed E-state index contributed by atoms with van der Waals surface area (Å²) in [5, 5.41) is 37.8. The molecule has 0 radical (unpaired) electrons. The average molecular weight is 479 g/mol. The summed E-state index contributed by atoms with van der Waals surface area (Å²) in [7, 11) is 0. The van der Waals surface area contributed by atoms with Crippen LogP contribution in [0.25, 0.3) is 0 Å². The van der Waals surface area contributed by atoms with E-state index < -0.39 is 6.23 Å². The van der Waals surface area contributed by atoms with Crippen molar-refractivity contribution in [1.29, 1.82) is 0 Å². The highest BCUT2D eigenvalue weighted by molar-refractivity contribution is 5.21. The maximum atomic E-state index is 11.4. The van der Waals surface area contributed by atoms with Gasteiger partial charge >= 0.3 is 0 Å². The Morgan fingerprint density at radius 1 is 1.09 bits per heavy atom. The number of nitrogens with one attached hydrogen (secondary N) is 4. The zero-order valence-corrected chi connectivity index (χ0v) is 21.0. The normalized spacial score (nSPS) is 36.1. The van der Waals surface area contributed by atoms with Gasteiger partial charge in [0.1, 0.15) is 6.23 Å². The molecule has 2 aliphatic carbocycles. The number of aliphatic hydroxyl groups is 2. The lowest BCUT2D eigenvalue weighted by Crippen LogP contribution is -2.81. The van der Waals surface area contributed by atoms with Crippen molar-refractivity contribution in [3.63, 3.8) is 0 Å². The molecule has 194 valence electrons.